The smallest absolute Gasteiger partial charge is 0.193 e. The number of halogens is 1. The molecule has 1 saturated carbocycles. The number of nitrogens with one attached hydrogen (secondary N) is 1. The first-order chi connectivity index (χ1) is 11.2. The molecule has 132 valence electrons. The molecule has 0 bridgehead atoms. The Morgan fingerprint density at radius 2 is 2.17 bits per heavy atom. The largest absolute Gasteiger partial charge is 0.381 e. The van der Waals surface area contributed by atoms with Gasteiger partial charge in [0.05, 0.1) is 6.61 Å². The Hall–Kier alpha value is -0.820. The molecule has 2 heterocycles. The maximum atomic E-state index is 5.64. The molecular formula is C19H28IN3O. The summed E-state index contributed by atoms with van der Waals surface area (Å²) in [5.41, 5.74) is 3.28. The molecule has 1 aliphatic carbocycles. The number of guanidine groups is 1. The predicted molar refractivity (Wildman–Crippen MR) is 108 cm³/mol. The molecule has 0 radical (unpaired) electrons. The average Bonchev–Trinajstić information content (AvgIpc) is 2.98. The molecule has 1 spiro atoms. The number of benzene rings is 1. The normalized spacial score (nSPS) is 32.1. The van der Waals surface area contributed by atoms with E-state index < -0.39 is 0 Å². The van der Waals surface area contributed by atoms with Crippen molar-refractivity contribution in [1.82, 2.24) is 10.2 Å². The molecule has 4 nitrogen and oxygen atoms in total. The summed E-state index contributed by atoms with van der Waals surface area (Å²) in [5.74, 6) is 1.72. The summed E-state index contributed by atoms with van der Waals surface area (Å²) in [4.78, 5) is 6.98. The summed E-state index contributed by atoms with van der Waals surface area (Å²) in [7, 11) is 1.91. The van der Waals surface area contributed by atoms with Gasteiger partial charge in [-0.25, -0.2) is 0 Å². The van der Waals surface area contributed by atoms with E-state index in [2.05, 4.69) is 46.4 Å². The molecule has 3 atom stereocenters. The van der Waals surface area contributed by atoms with E-state index in [9.17, 15) is 0 Å². The fourth-order valence-electron chi connectivity index (χ4n) is 4.25. The lowest BCUT2D eigenvalue weighted by Gasteiger charge is -2.25. The van der Waals surface area contributed by atoms with Gasteiger partial charge in [0.1, 0.15) is 0 Å². The second-order valence-corrected chi connectivity index (χ2v) is 7.47. The van der Waals surface area contributed by atoms with Crippen LogP contribution in [-0.2, 0) is 4.74 Å². The molecule has 3 unspecified atom stereocenters. The van der Waals surface area contributed by atoms with Crippen LogP contribution in [0.5, 0.6) is 0 Å². The van der Waals surface area contributed by atoms with Gasteiger partial charge in [-0.15, -0.1) is 24.0 Å². The molecule has 1 aromatic rings. The van der Waals surface area contributed by atoms with Crippen LogP contribution in [0, 0.1) is 12.3 Å². The molecule has 2 saturated heterocycles. The quantitative estimate of drug-likeness (QED) is 0.435. The van der Waals surface area contributed by atoms with Crippen LogP contribution in [0.3, 0.4) is 0 Å². The van der Waals surface area contributed by atoms with Crippen LogP contribution in [0.25, 0.3) is 0 Å². The first-order valence-electron chi connectivity index (χ1n) is 8.82. The second-order valence-electron chi connectivity index (χ2n) is 7.47. The highest BCUT2D eigenvalue weighted by molar-refractivity contribution is 14.0. The van der Waals surface area contributed by atoms with Gasteiger partial charge in [0.25, 0.3) is 0 Å². The predicted octanol–water partition coefficient (Wildman–Crippen LogP) is 3.16. The van der Waals surface area contributed by atoms with E-state index in [1.807, 2.05) is 7.05 Å². The molecule has 1 aromatic carbocycles. The number of nitrogens with zero attached hydrogens (tertiary/aromatic N) is 2. The monoisotopic (exact) mass is 441 g/mol. The Labute approximate surface area is 162 Å². The molecule has 1 N–H and O–H groups in total. The Morgan fingerprint density at radius 1 is 1.33 bits per heavy atom. The molecule has 0 aromatic heterocycles. The third kappa shape index (κ3) is 3.43. The van der Waals surface area contributed by atoms with E-state index >= 15 is 0 Å². The van der Waals surface area contributed by atoms with Gasteiger partial charge in [0.15, 0.2) is 5.96 Å². The van der Waals surface area contributed by atoms with E-state index in [0.29, 0.717) is 17.4 Å². The number of rotatable bonds is 2. The fraction of sp³-hybridized carbons (Fsp3) is 0.632. The number of hydrogen-bond acceptors (Lipinski definition) is 2. The second kappa shape index (κ2) is 7.20. The lowest BCUT2D eigenvalue weighted by atomic mass is 9.87. The number of hydrogen-bond donors (Lipinski definition) is 1. The number of ether oxygens (including phenoxy) is 1. The Bertz CT molecular complexity index is 612. The van der Waals surface area contributed by atoms with Crippen molar-refractivity contribution in [3.63, 3.8) is 0 Å². The topological polar surface area (TPSA) is 36.9 Å². The van der Waals surface area contributed by atoms with Gasteiger partial charge < -0.3 is 15.0 Å². The van der Waals surface area contributed by atoms with Gasteiger partial charge in [-0.3, -0.25) is 4.99 Å². The Balaban J connectivity index is 0.00000169. The van der Waals surface area contributed by atoms with Crippen LogP contribution >= 0.6 is 24.0 Å². The fourth-order valence-corrected chi connectivity index (χ4v) is 4.25. The number of likely N-dealkylation sites (tertiary alicyclic amines) is 1. The van der Waals surface area contributed by atoms with Crippen molar-refractivity contribution < 1.29 is 4.74 Å². The summed E-state index contributed by atoms with van der Waals surface area (Å²) < 4.78 is 5.64. The average molecular weight is 441 g/mol. The van der Waals surface area contributed by atoms with E-state index in [4.69, 9.17) is 4.74 Å². The van der Waals surface area contributed by atoms with Crippen molar-refractivity contribution in [2.45, 2.75) is 38.1 Å². The van der Waals surface area contributed by atoms with Crippen LogP contribution in [0.1, 0.15) is 36.3 Å². The lowest BCUT2D eigenvalue weighted by Crippen LogP contribution is -2.42. The van der Waals surface area contributed by atoms with Gasteiger partial charge in [-0.1, -0.05) is 24.3 Å². The van der Waals surface area contributed by atoms with Crippen LogP contribution in [0.2, 0.25) is 0 Å². The summed E-state index contributed by atoms with van der Waals surface area (Å²) in [6.07, 6.45) is 3.65. The van der Waals surface area contributed by atoms with Crippen LogP contribution in [-0.4, -0.2) is 50.3 Å². The molecule has 2 aliphatic heterocycles. The number of aryl methyl sites for hydroxylation is 1. The van der Waals surface area contributed by atoms with Gasteiger partial charge in [0, 0.05) is 44.1 Å². The highest BCUT2D eigenvalue weighted by Crippen LogP contribution is 2.43. The van der Waals surface area contributed by atoms with Crippen molar-refractivity contribution >= 4 is 29.9 Å². The molecule has 0 amide bonds. The SMILES string of the molecule is CN=C(NC1CC1c1ccccc1C)N1CCC2(CCOC2)C1.I. The van der Waals surface area contributed by atoms with Crippen molar-refractivity contribution in [1.29, 1.82) is 0 Å². The van der Waals surface area contributed by atoms with Gasteiger partial charge in [-0.05, 0) is 37.3 Å². The maximum Gasteiger partial charge on any atom is 0.193 e. The third-order valence-corrected chi connectivity index (χ3v) is 5.83. The zero-order valence-corrected chi connectivity index (χ0v) is 17.0. The van der Waals surface area contributed by atoms with Crippen molar-refractivity contribution in [2.75, 3.05) is 33.4 Å². The lowest BCUT2D eigenvalue weighted by molar-refractivity contribution is 0.156. The van der Waals surface area contributed by atoms with Crippen LogP contribution in [0.4, 0.5) is 0 Å². The molecule has 5 heteroatoms. The van der Waals surface area contributed by atoms with Crippen molar-refractivity contribution in [2.24, 2.45) is 10.4 Å². The first kappa shape index (κ1) is 18.0. The highest BCUT2D eigenvalue weighted by Gasteiger charge is 2.44. The van der Waals surface area contributed by atoms with E-state index in [1.54, 1.807) is 0 Å². The van der Waals surface area contributed by atoms with Crippen molar-refractivity contribution in [3.8, 4) is 0 Å². The third-order valence-electron chi connectivity index (χ3n) is 5.83. The van der Waals surface area contributed by atoms with E-state index in [-0.39, 0.29) is 24.0 Å². The first-order valence-corrected chi connectivity index (χ1v) is 8.82. The summed E-state index contributed by atoms with van der Waals surface area (Å²) >= 11 is 0. The number of aliphatic imine (C=N–C) groups is 1. The zero-order valence-electron chi connectivity index (χ0n) is 14.6. The van der Waals surface area contributed by atoms with Crippen molar-refractivity contribution in [3.05, 3.63) is 35.4 Å². The minimum absolute atomic E-state index is 0. The van der Waals surface area contributed by atoms with Crippen LogP contribution in [0.15, 0.2) is 29.3 Å². The van der Waals surface area contributed by atoms with Gasteiger partial charge >= 0.3 is 0 Å². The summed E-state index contributed by atoms with van der Waals surface area (Å²) in [6, 6.07) is 9.29. The minimum Gasteiger partial charge on any atom is -0.381 e. The molecule has 24 heavy (non-hydrogen) atoms. The highest BCUT2D eigenvalue weighted by atomic mass is 127. The molecule has 3 fully saturated rings. The summed E-state index contributed by atoms with van der Waals surface area (Å²) in [5, 5.41) is 3.70. The maximum absolute atomic E-state index is 5.64. The minimum atomic E-state index is 0. The standard InChI is InChI=1S/C19H27N3O.HI/c1-14-5-3-4-6-15(14)16-11-17(16)21-18(20-2)22-9-7-19(12-22)8-10-23-13-19;/h3-6,16-17H,7-13H2,1-2H3,(H,20,21);1H. The van der Waals surface area contributed by atoms with Crippen LogP contribution < -0.4 is 5.32 Å². The van der Waals surface area contributed by atoms with E-state index in [1.165, 1.54) is 30.4 Å². The molecular weight excluding hydrogens is 413 g/mol. The summed E-state index contributed by atoms with van der Waals surface area (Å²) in [6.45, 7) is 6.26. The Morgan fingerprint density at radius 3 is 2.88 bits per heavy atom. The van der Waals surface area contributed by atoms with E-state index in [0.717, 1.165) is 32.3 Å². The molecule has 3 aliphatic rings. The Kier molecular flexibility index (Phi) is 5.39. The van der Waals surface area contributed by atoms with Gasteiger partial charge in [-0.2, -0.15) is 0 Å². The van der Waals surface area contributed by atoms with Gasteiger partial charge in [0.2, 0.25) is 0 Å². The molecule has 4 rings (SSSR count). The zero-order chi connectivity index (χ0) is 15.9.